The molecule has 0 fully saturated rings. The van der Waals surface area contributed by atoms with Crippen LogP contribution in [0.1, 0.15) is 0 Å². The first-order valence-corrected chi connectivity index (χ1v) is 3.04. The lowest BCUT2D eigenvalue weighted by molar-refractivity contribution is 0.196. The lowest BCUT2D eigenvalue weighted by Gasteiger charge is -2.00. The normalized spacial score (nSPS) is 9.64. The van der Waals surface area contributed by atoms with Gasteiger partial charge in [-0.25, -0.2) is 9.97 Å². The Hall–Kier alpha value is -1.23. The van der Waals surface area contributed by atoms with E-state index in [4.69, 9.17) is 9.84 Å². The maximum atomic E-state index is 12.3. The molecule has 0 atom stereocenters. The summed E-state index contributed by atoms with van der Waals surface area (Å²) in [7, 11) is 0. The SMILES string of the molecule is OCCOc1cc(F)ncn1. The van der Waals surface area contributed by atoms with Crippen molar-refractivity contribution in [2.45, 2.75) is 0 Å². The summed E-state index contributed by atoms with van der Waals surface area (Å²) in [5.74, 6) is -0.514. The molecule has 11 heavy (non-hydrogen) atoms. The molecule has 0 bridgehead atoms. The predicted octanol–water partition coefficient (Wildman–Crippen LogP) is -0.0132. The Morgan fingerprint density at radius 3 is 3.00 bits per heavy atom. The highest BCUT2D eigenvalue weighted by molar-refractivity contribution is 5.05. The van der Waals surface area contributed by atoms with Crippen molar-refractivity contribution in [1.29, 1.82) is 0 Å². The number of aliphatic hydroxyl groups excluding tert-OH is 1. The number of rotatable bonds is 3. The average Bonchev–Trinajstić information content (AvgIpc) is 2.01. The molecule has 0 unspecified atom stereocenters. The van der Waals surface area contributed by atoms with Gasteiger partial charge in [-0.3, -0.25) is 0 Å². The first-order valence-electron chi connectivity index (χ1n) is 3.04. The summed E-state index contributed by atoms with van der Waals surface area (Å²) in [4.78, 5) is 6.82. The Bertz CT molecular complexity index is 232. The minimum atomic E-state index is -0.645. The van der Waals surface area contributed by atoms with Crippen LogP contribution in [-0.2, 0) is 0 Å². The fourth-order valence-corrected chi connectivity index (χ4v) is 0.546. The van der Waals surface area contributed by atoms with Gasteiger partial charge in [-0.05, 0) is 0 Å². The molecule has 0 radical (unpaired) electrons. The molecule has 5 heteroatoms. The minimum Gasteiger partial charge on any atom is -0.475 e. The molecule has 0 aliphatic rings. The Labute approximate surface area is 62.7 Å². The second-order valence-electron chi connectivity index (χ2n) is 1.75. The number of nitrogens with zero attached hydrogens (tertiary/aromatic N) is 2. The van der Waals surface area contributed by atoms with Crippen LogP contribution < -0.4 is 4.74 Å². The van der Waals surface area contributed by atoms with Gasteiger partial charge in [-0.2, -0.15) is 4.39 Å². The second kappa shape index (κ2) is 3.82. The molecule has 60 valence electrons. The number of hydrogen-bond donors (Lipinski definition) is 1. The number of hydrogen-bond acceptors (Lipinski definition) is 4. The van der Waals surface area contributed by atoms with Crippen LogP contribution in [0.25, 0.3) is 0 Å². The van der Waals surface area contributed by atoms with Gasteiger partial charge in [0, 0.05) is 0 Å². The van der Waals surface area contributed by atoms with Crippen molar-refractivity contribution >= 4 is 0 Å². The predicted molar refractivity (Wildman–Crippen MR) is 34.6 cm³/mol. The summed E-state index contributed by atoms with van der Waals surface area (Å²) in [5.41, 5.74) is 0. The van der Waals surface area contributed by atoms with E-state index in [0.717, 1.165) is 12.4 Å². The van der Waals surface area contributed by atoms with Crippen molar-refractivity contribution in [3.8, 4) is 5.88 Å². The smallest absolute Gasteiger partial charge is 0.219 e. The van der Waals surface area contributed by atoms with Crippen molar-refractivity contribution in [1.82, 2.24) is 9.97 Å². The van der Waals surface area contributed by atoms with Crippen LogP contribution >= 0.6 is 0 Å². The zero-order valence-corrected chi connectivity index (χ0v) is 5.70. The third-order valence-corrected chi connectivity index (χ3v) is 0.950. The quantitative estimate of drug-likeness (QED) is 0.628. The monoisotopic (exact) mass is 158 g/mol. The largest absolute Gasteiger partial charge is 0.475 e. The topological polar surface area (TPSA) is 55.2 Å². The van der Waals surface area contributed by atoms with Crippen LogP contribution in [0, 0.1) is 5.95 Å². The number of ether oxygens (including phenoxy) is 1. The fourth-order valence-electron chi connectivity index (χ4n) is 0.546. The summed E-state index contributed by atoms with van der Waals surface area (Å²) < 4.78 is 17.1. The van der Waals surface area contributed by atoms with Gasteiger partial charge in [0.2, 0.25) is 11.8 Å². The Balaban J connectivity index is 2.56. The molecular weight excluding hydrogens is 151 g/mol. The highest BCUT2D eigenvalue weighted by Gasteiger charge is 1.96. The molecule has 1 aromatic rings. The standard InChI is InChI=1S/C6H7FN2O2/c7-5-3-6(9-4-8-5)11-2-1-10/h3-4,10H,1-2H2. The van der Waals surface area contributed by atoms with E-state index in [1.807, 2.05) is 0 Å². The van der Waals surface area contributed by atoms with Crippen LogP contribution in [0.15, 0.2) is 12.4 Å². The summed E-state index contributed by atoms with van der Waals surface area (Å²) in [5, 5.41) is 8.33. The van der Waals surface area contributed by atoms with E-state index in [0.29, 0.717) is 0 Å². The van der Waals surface area contributed by atoms with Crippen LogP contribution in [0.2, 0.25) is 0 Å². The third-order valence-electron chi connectivity index (χ3n) is 0.950. The molecule has 0 aromatic carbocycles. The van der Waals surface area contributed by atoms with Gasteiger partial charge in [0.25, 0.3) is 0 Å². The van der Waals surface area contributed by atoms with Crippen molar-refractivity contribution < 1.29 is 14.2 Å². The Morgan fingerprint density at radius 1 is 1.55 bits per heavy atom. The highest BCUT2D eigenvalue weighted by Crippen LogP contribution is 2.04. The zero-order chi connectivity index (χ0) is 8.10. The first kappa shape index (κ1) is 7.87. The molecule has 1 heterocycles. The molecule has 0 amide bonds. The van der Waals surface area contributed by atoms with E-state index < -0.39 is 5.95 Å². The van der Waals surface area contributed by atoms with Crippen LogP contribution in [0.5, 0.6) is 5.88 Å². The molecule has 0 aliphatic carbocycles. The first-order chi connectivity index (χ1) is 5.33. The van der Waals surface area contributed by atoms with E-state index >= 15 is 0 Å². The lowest BCUT2D eigenvalue weighted by atomic mass is 10.6. The van der Waals surface area contributed by atoms with Crippen molar-refractivity contribution in [3.05, 3.63) is 18.3 Å². The highest BCUT2D eigenvalue weighted by atomic mass is 19.1. The van der Waals surface area contributed by atoms with E-state index in [1.165, 1.54) is 0 Å². The van der Waals surface area contributed by atoms with E-state index in [-0.39, 0.29) is 19.1 Å². The van der Waals surface area contributed by atoms with Gasteiger partial charge in [0.05, 0.1) is 12.7 Å². The maximum Gasteiger partial charge on any atom is 0.219 e. The number of aromatic nitrogens is 2. The van der Waals surface area contributed by atoms with Crippen LogP contribution in [0.3, 0.4) is 0 Å². The molecule has 0 saturated carbocycles. The van der Waals surface area contributed by atoms with Gasteiger partial charge in [0.1, 0.15) is 12.9 Å². The summed E-state index contributed by atoms with van der Waals surface area (Å²) in [6.45, 7) is -0.0118. The molecule has 0 aliphatic heterocycles. The fraction of sp³-hybridized carbons (Fsp3) is 0.333. The van der Waals surface area contributed by atoms with Gasteiger partial charge in [-0.1, -0.05) is 0 Å². The van der Waals surface area contributed by atoms with Crippen molar-refractivity contribution in [2.24, 2.45) is 0 Å². The molecule has 1 N–H and O–H groups in total. The van der Waals surface area contributed by atoms with Gasteiger partial charge in [0.15, 0.2) is 0 Å². The van der Waals surface area contributed by atoms with E-state index in [1.54, 1.807) is 0 Å². The van der Waals surface area contributed by atoms with Gasteiger partial charge < -0.3 is 9.84 Å². The average molecular weight is 158 g/mol. The summed E-state index contributed by atoms with van der Waals surface area (Å²) in [6, 6.07) is 1.05. The Kier molecular flexibility index (Phi) is 2.74. The van der Waals surface area contributed by atoms with Crippen molar-refractivity contribution in [3.63, 3.8) is 0 Å². The number of halogens is 1. The molecule has 1 rings (SSSR count). The number of aliphatic hydroxyl groups is 1. The van der Waals surface area contributed by atoms with E-state index in [9.17, 15) is 4.39 Å². The lowest BCUT2D eigenvalue weighted by Crippen LogP contribution is -2.03. The van der Waals surface area contributed by atoms with Gasteiger partial charge >= 0.3 is 0 Å². The minimum absolute atomic E-state index is 0.108. The molecule has 0 spiro atoms. The maximum absolute atomic E-state index is 12.3. The van der Waals surface area contributed by atoms with E-state index in [2.05, 4.69) is 9.97 Å². The third kappa shape index (κ3) is 2.46. The zero-order valence-electron chi connectivity index (χ0n) is 5.70. The van der Waals surface area contributed by atoms with Crippen LogP contribution in [-0.4, -0.2) is 28.3 Å². The second-order valence-corrected chi connectivity index (χ2v) is 1.75. The molecule has 4 nitrogen and oxygen atoms in total. The molecular formula is C6H7FN2O2. The molecule has 1 aromatic heterocycles. The summed E-state index contributed by atoms with van der Waals surface area (Å²) in [6.07, 6.45) is 1.06. The van der Waals surface area contributed by atoms with Crippen LogP contribution in [0.4, 0.5) is 4.39 Å². The summed E-state index contributed by atoms with van der Waals surface area (Å²) >= 11 is 0. The van der Waals surface area contributed by atoms with Gasteiger partial charge in [-0.15, -0.1) is 0 Å². The Morgan fingerprint density at radius 2 is 2.36 bits per heavy atom. The molecule has 0 saturated heterocycles. The van der Waals surface area contributed by atoms with Crippen molar-refractivity contribution in [2.75, 3.05) is 13.2 Å².